The van der Waals surface area contributed by atoms with Gasteiger partial charge in [0.15, 0.2) is 0 Å². The maximum Gasteiger partial charge on any atom is 0.251 e. The summed E-state index contributed by atoms with van der Waals surface area (Å²) in [6.45, 7) is 2.43. The number of carbonyl (C=O) groups is 1. The lowest BCUT2D eigenvalue weighted by Gasteiger charge is -2.37. The fraction of sp³-hybridized carbons (Fsp3) is 0.435. The van der Waals surface area contributed by atoms with E-state index in [4.69, 9.17) is 14.2 Å². The first-order chi connectivity index (χ1) is 15.0. The molecule has 8 heteroatoms. The van der Waals surface area contributed by atoms with E-state index < -0.39 is 18.0 Å². The number of nitrogens with one attached hydrogen (secondary N) is 1. The van der Waals surface area contributed by atoms with Gasteiger partial charge >= 0.3 is 0 Å². The molecule has 166 valence electrons. The summed E-state index contributed by atoms with van der Waals surface area (Å²) in [6, 6.07) is 12.1. The highest BCUT2D eigenvalue weighted by atomic mass is 19.1. The van der Waals surface area contributed by atoms with Crippen molar-refractivity contribution in [2.24, 2.45) is 0 Å². The number of hydrogen-bond donors (Lipinski definition) is 2. The van der Waals surface area contributed by atoms with E-state index in [1.54, 1.807) is 43.5 Å². The molecule has 4 atom stereocenters. The minimum Gasteiger partial charge on any atom is -0.497 e. The summed E-state index contributed by atoms with van der Waals surface area (Å²) in [7, 11) is 1.55. The number of methoxy groups -OCH3 is 1. The summed E-state index contributed by atoms with van der Waals surface area (Å²) in [5, 5.41) is 14.2. The van der Waals surface area contributed by atoms with Crippen LogP contribution in [-0.2, 0) is 4.74 Å². The van der Waals surface area contributed by atoms with Gasteiger partial charge in [0, 0.05) is 31.1 Å². The highest BCUT2D eigenvalue weighted by molar-refractivity contribution is 5.94. The highest BCUT2D eigenvalue weighted by Gasteiger charge is 2.47. The SMILES string of the molecule is COc1cccc(C(=O)N[C@@H]2C[C@@H](Oc3cccc(F)c3)[C@H](O)[C@H]2N2CCOCC2)c1. The van der Waals surface area contributed by atoms with Crippen molar-refractivity contribution in [2.45, 2.75) is 30.7 Å². The van der Waals surface area contributed by atoms with Gasteiger partial charge in [-0.2, -0.15) is 0 Å². The lowest BCUT2D eigenvalue weighted by Crippen LogP contribution is -2.56. The van der Waals surface area contributed by atoms with Crippen LogP contribution >= 0.6 is 0 Å². The van der Waals surface area contributed by atoms with E-state index in [-0.39, 0.29) is 18.0 Å². The van der Waals surface area contributed by atoms with E-state index in [0.29, 0.717) is 49.8 Å². The third-order valence-corrected chi connectivity index (χ3v) is 5.83. The molecule has 1 heterocycles. The van der Waals surface area contributed by atoms with Crippen molar-refractivity contribution in [3.63, 3.8) is 0 Å². The molecule has 31 heavy (non-hydrogen) atoms. The number of aliphatic hydroxyl groups excluding tert-OH is 1. The molecule has 0 bridgehead atoms. The maximum atomic E-state index is 13.6. The average Bonchev–Trinajstić information content (AvgIpc) is 3.08. The van der Waals surface area contributed by atoms with E-state index in [1.165, 1.54) is 12.1 Å². The average molecular weight is 430 g/mol. The van der Waals surface area contributed by atoms with Crippen molar-refractivity contribution in [1.29, 1.82) is 0 Å². The predicted octanol–water partition coefficient (Wildman–Crippen LogP) is 1.85. The van der Waals surface area contributed by atoms with Gasteiger partial charge in [0.2, 0.25) is 0 Å². The monoisotopic (exact) mass is 430 g/mol. The van der Waals surface area contributed by atoms with Gasteiger partial charge in [-0.25, -0.2) is 4.39 Å². The van der Waals surface area contributed by atoms with Crippen molar-refractivity contribution < 1.29 is 28.5 Å². The molecule has 2 aliphatic rings. The molecule has 1 saturated carbocycles. The molecule has 0 unspecified atom stereocenters. The number of benzene rings is 2. The first-order valence-electron chi connectivity index (χ1n) is 10.4. The molecule has 1 saturated heterocycles. The Bertz CT molecular complexity index is 905. The van der Waals surface area contributed by atoms with Gasteiger partial charge in [-0.15, -0.1) is 0 Å². The second kappa shape index (κ2) is 9.64. The van der Waals surface area contributed by atoms with Gasteiger partial charge in [0.05, 0.1) is 32.4 Å². The van der Waals surface area contributed by atoms with Crippen molar-refractivity contribution in [1.82, 2.24) is 10.2 Å². The molecular weight excluding hydrogens is 403 g/mol. The van der Waals surface area contributed by atoms with Crippen LogP contribution in [0.5, 0.6) is 11.5 Å². The van der Waals surface area contributed by atoms with Gasteiger partial charge in [0.25, 0.3) is 5.91 Å². The van der Waals surface area contributed by atoms with Crippen molar-refractivity contribution in [3.05, 3.63) is 59.9 Å². The number of amides is 1. The number of ether oxygens (including phenoxy) is 3. The van der Waals surface area contributed by atoms with E-state index in [9.17, 15) is 14.3 Å². The number of halogens is 1. The molecule has 0 spiro atoms. The van der Waals surface area contributed by atoms with E-state index in [0.717, 1.165) is 0 Å². The first kappa shape index (κ1) is 21.5. The van der Waals surface area contributed by atoms with E-state index in [2.05, 4.69) is 10.2 Å². The third-order valence-electron chi connectivity index (χ3n) is 5.83. The fourth-order valence-electron chi connectivity index (χ4n) is 4.33. The Morgan fingerprint density at radius 2 is 1.90 bits per heavy atom. The van der Waals surface area contributed by atoms with Gasteiger partial charge in [-0.1, -0.05) is 12.1 Å². The third kappa shape index (κ3) is 4.98. The van der Waals surface area contributed by atoms with Crippen LogP contribution in [-0.4, -0.2) is 73.6 Å². The number of morpholine rings is 1. The minimum atomic E-state index is -0.850. The van der Waals surface area contributed by atoms with Crippen LogP contribution in [0, 0.1) is 5.82 Å². The van der Waals surface area contributed by atoms with Crippen molar-refractivity contribution >= 4 is 5.91 Å². The molecule has 0 radical (unpaired) electrons. The minimum absolute atomic E-state index is 0.249. The molecule has 0 aromatic heterocycles. The van der Waals surface area contributed by atoms with Crippen LogP contribution in [0.3, 0.4) is 0 Å². The Balaban J connectivity index is 1.53. The summed E-state index contributed by atoms with van der Waals surface area (Å²) < 4.78 is 30.1. The van der Waals surface area contributed by atoms with Crippen LogP contribution in [0.1, 0.15) is 16.8 Å². The molecule has 2 N–H and O–H groups in total. The largest absolute Gasteiger partial charge is 0.497 e. The summed E-state index contributed by atoms with van der Waals surface area (Å²) in [4.78, 5) is 15.1. The molecule has 1 aliphatic heterocycles. The van der Waals surface area contributed by atoms with Gasteiger partial charge in [-0.3, -0.25) is 9.69 Å². The number of aliphatic hydroxyl groups is 1. The quantitative estimate of drug-likeness (QED) is 0.728. The normalized spacial score (nSPS) is 26.4. The van der Waals surface area contributed by atoms with E-state index in [1.807, 2.05) is 0 Å². The molecule has 2 aromatic carbocycles. The smallest absolute Gasteiger partial charge is 0.251 e. The van der Waals surface area contributed by atoms with Crippen LogP contribution in [0.15, 0.2) is 48.5 Å². The lowest BCUT2D eigenvalue weighted by atomic mass is 10.1. The number of carbonyl (C=O) groups excluding carboxylic acids is 1. The highest BCUT2D eigenvalue weighted by Crippen LogP contribution is 2.30. The Morgan fingerprint density at radius 1 is 1.16 bits per heavy atom. The predicted molar refractivity (Wildman–Crippen MR) is 112 cm³/mol. The molecule has 2 aromatic rings. The summed E-state index contributed by atoms with van der Waals surface area (Å²) in [6.07, 6.45) is -1.03. The van der Waals surface area contributed by atoms with Crippen LogP contribution in [0.25, 0.3) is 0 Å². The van der Waals surface area contributed by atoms with Gasteiger partial charge in [0.1, 0.15) is 29.5 Å². The van der Waals surface area contributed by atoms with E-state index >= 15 is 0 Å². The molecule has 7 nitrogen and oxygen atoms in total. The first-order valence-corrected chi connectivity index (χ1v) is 10.4. The fourth-order valence-corrected chi connectivity index (χ4v) is 4.33. The Kier molecular flexibility index (Phi) is 6.70. The summed E-state index contributed by atoms with van der Waals surface area (Å²) in [5.41, 5.74) is 0.476. The zero-order valence-corrected chi connectivity index (χ0v) is 17.4. The Labute approximate surface area is 180 Å². The van der Waals surface area contributed by atoms with Crippen molar-refractivity contribution in [2.75, 3.05) is 33.4 Å². The molecular formula is C23H27FN2O5. The molecule has 1 aliphatic carbocycles. The zero-order chi connectivity index (χ0) is 21.8. The number of rotatable bonds is 6. The van der Waals surface area contributed by atoms with Gasteiger partial charge < -0.3 is 24.6 Å². The molecule has 4 rings (SSSR count). The maximum absolute atomic E-state index is 13.6. The number of hydrogen-bond acceptors (Lipinski definition) is 6. The van der Waals surface area contributed by atoms with Crippen LogP contribution in [0.2, 0.25) is 0 Å². The Hall–Kier alpha value is -2.68. The number of nitrogens with zero attached hydrogens (tertiary/aromatic N) is 1. The second-order valence-corrected chi connectivity index (χ2v) is 7.79. The standard InChI is InChI=1S/C23H27FN2O5/c1-29-17-6-2-4-15(12-17)23(28)25-19-14-20(31-18-7-3-5-16(24)13-18)22(27)21(19)26-8-10-30-11-9-26/h2-7,12-13,19-22,27H,8-11,14H2,1H3,(H,25,28)/t19-,20-,21+,22+/m1/s1. The Morgan fingerprint density at radius 3 is 2.65 bits per heavy atom. The molecule has 2 fully saturated rings. The topological polar surface area (TPSA) is 80.3 Å². The van der Waals surface area contributed by atoms with Crippen LogP contribution < -0.4 is 14.8 Å². The zero-order valence-electron chi connectivity index (χ0n) is 17.4. The lowest BCUT2D eigenvalue weighted by molar-refractivity contribution is -0.0350. The second-order valence-electron chi connectivity index (χ2n) is 7.79. The molecule has 1 amide bonds. The van der Waals surface area contributed by atoms with Crippen LogP contribution in [0.4, 0.5) is 4.39 Å². The van der Waals surface area contributed by atoms with Crippen molar-refractivity contribution in [3.8, 4) is 11.5 Å². The van der Waals surface area contributed by atoms with Gasteiger partial charge in [-0.05, 0) is 30.3 Å². The summed E-state index contributed by atoms with van der Waals surface area (Å²) >= 11 is 0. The summed E-state index contributed by atoms with van der Waals surface area (Å²) in [5.74, 6) is 0.291.